The highest BCUT2D eigenvalue weighted by atomic mass is 16.2. The van der Waals surface area contributed by atoms with Gasteiger partial charge in [0.05, 0.1) is 11.4 Å². The second-order valence-electron chi connectivity index (χ2n) is 7.15. The minimum absolute atomic E-state index is 0.0682. The maximum atomic E-state index is 12.4. The van der Waals surface area contributed by atoms with Gasteiger partial charge in [-0.1, -0.05) is 12.1 Å². The van der Waals surface area contributed by atoms with E-state index < -0.39 is 0 Å². The lowest BCUT2D eigenvalue weighted by Crippen LogP contribution is -2.38. The van der Waals surface area contributed by atoms with Crippen LogP contribution in [0.1, 0.15) is 46.0 Å². The molecule has 1 heterocycles. The molecule has 0 saturated carbocycles. The minimum atomic E-state index is -0.236. The Morgan fingerprint density at radius 1 is 1.11 bits per heavy atom. The number of hydrogen-bond donors (Lipinski definition) is 2. The van der Waals surface area contributed by atoms with Crippen LogP contribution in [0.5, 0.6) is 0 Å². The van der Waals surface area contributed by atoms with Crippen LogP contribution >= 0.6 is 0 Å². The molecule has 0 bridgehead atoms. The van der Waals surface area contributed by atoms with Crippen molar-refractivity contribution in [3.63, 3.8) is 0 Å². The number of anilines is 2. The molecule has 3 N–H and O–H groups in total. The number of nitrogens with one attached hydrogen (secondary N) is 1. The first-order valence-electron chi connectivity index (χ1n) is 10.2. The molecule has 0 aliphatic carbocycles. The van der Waals surface area contributed by atoms with E-state index in [1.165, 1.54) is 0 Å². The number of para-hydroxylation sites is 2. The summed E-state index contributed by atoms with van der Waals surface area (Å²) in [5.41, 5.74) is 7.13. The fourth-order valence-electron chi connectivity index (χ4n) is 3.61. The molecule has 0 aromatic heterocycles. The average Bonchev–Trinajstić information content (AvgIpc) is 2.69. The lowest BCUT2D eigenvalue weighted by molar-refractivity contribution is -0.131. The quantitative estimate of drug-likeness (QED) is 0.679. The zero-order chi connectivity index (χ0) is 20.5. The van der Waals surface area contributed by atoms with Gasteiger partial charge in [0.15, 0.2) is 0 Å². The van der Waals surface area contributed by atoms with E-state index in [0.29, 0.717) is 32.4 Å². The predicted octanol–water partition coefficient (Wildman–Crippen LogP) is 2.37. The number of benzene rings is 1. The number of carbonyl (C=O) groups is 3. The summed E-state index contributed by atoms with van der Waals surface area (Å²) < 4.78 is 0. The lowest BCUT2D eigenvalue weighted by atomic mass is 9.96. The number of piperidine rings is 1. The summed E-state index contributed by atoms with van der Waals surface area (Å²) >= 11 is 0. The number of rotatable bonds is 9. The van der Waals surface area contributed by atoms with Crippen LogP contribution < -0.4 is 16.0 Å². The first-order chi connectivity index (χ1) is 13.5. The number of carbonyl (C=O) groups excluding carboxylic acids is 3. The highest BCUT2D eigenvalue weighted by Gasteiger charge is 2.24. The van der Waals surface area contributed by atoms with E-state index in [0.717, 1.165) is 37.3 Å². The number of amides is 3. The first-order valence-corrected chi connectivity index (χ1v) is 10.2. The molecule has 1 aliphatic heterocycles. The Labute approximate surface area is 167 Å². The van der Waals surface area contributed by atoms with Crippen molar-refractivity contribution in [2.75, 3.05) is 36.4 Å². The van der Waals surface area contributed by atoms with E-state index in [1.54, 1.807) is 4.90 Å². The molecule has 1 aliphatic rings. The number of nitrogens with zero attached hydrogens (tertiary/aromatic N) is 2. The Kier molecular flexibility index (Phi) is 8.29. The molecule has 7 nitrogen and oxygen atoms in total. The maximum Gasteiger partial charge on any atom is 0.224 e. The topological polar surface area (TPSA) is 95.7 Å². The third-order valence-corrected chi connectivity index (χ3v) is 5.33. The van der Waals surface area contributed by atoms with Crippen LogP contribution in [0.25, 0.3) is 0 Å². The van der Waals surface area contributed by atoms with Crippen molar-refractivity contribution in [3.8, 4) is 0 Å². The number of hydrogen-bond acceptors (Lipinski definition) is 4. The van der Waals surface area contributed by atoms with E-state index in [4.69, 9.17) is 5.73 Å². The van der Waals surface area contributed by atoms with E-state index in [2.05, 4.69) is 10.2 Å². The second kappa shape index (κ2) is 10.7. The zero-order valence-corrected chi connectivity index (χ0v) is 16.9. The van der Waals surface area contributed by atoms with Crippen molar-refractivity contribution >= 4 is 29.1 Å². The molecule has 1 aromatic rings. The molecule has 154 valence electrons. The van der Waals surface area contributed by atoms with Crippen LogP contribution in [-0.2, 0) is 14.4 Å². The Bertz CT molecular complexity index is 680. The Morgan fingerprint density at radius 2 is 1.75 bits per heavy atom. The standard InChI is InChI=1S/C21H32N4O3/c1-3-24(4-2)20(27)11-7-10-19(26)23-17-8-5-6-9-18(17)25-14-12-16(13-15-25)21(22)28/h5-6,8-9,16H,3-4,7,10-15H2,1-2H3,(H2,22,28)(H,23,26). The monoisotopic (exact) mass is 388 g/mol. The van der Waals surface area contributed by atoms with Crippen molar-refractivity contribution < 1.29 is 14.4 Å². The smallest absolute Gasteiger partial charge is 0.224 e. The molecule has 0 unspecified atom stereocenters. The SMILES string of the molecule is CCN(CC)C(=O)CCCC(=O)Nc1ccccc1N1CCC(C(N)=O)CC1. The third kappa shape index (κ3) is 5.97. The van der Waals surface area contributed by atoms with Gasteiger partial charge in [-0.3, -0.25) is 14.4 Å². The van der Waals surface area contributed by atoms with Crippen LogP contribution in [-0.4, -0.2) is 48.8 Å². The lowest BCUT2D eigenvalue weighted by Gasteiger charge is -2.33. The Balaban J connectivity index is 1.88. The molecule has 0 spiro atoms. The third-order valence-electron chi connectivity index (χ3n) is 5.33. The van der Waals surface area contributed by atoms with Gasteiger partial charge in [-0.05, 0) is 45.2 Å². The van der Waals surface area contributed by atoms with Crippen molar-refractivity contribution in [1.82, 2.24) is 4.90 Å². The van der Waals surface area contributed by atoms with Crippen LogP contribution in [0.3, 0.4) is 0 Å². The van der Waals surface area contributed by atoms with E-state index in [-0.39, 0.29) is 23.6 Å². The molecule has 1 fully saturated rings. The first kappa shape index (κ1) is 21.7. The fourth-order valence-corrected chi connectivity index (χ4v) is 3.61. The molecule has 28 heavy (non-hydrogen) atoms. The summed E-state index contributed by atoms with van der Waals surface area (Å²) in [6.45, 7) is 6.77. The van der Waals surface area contributed by atoms with Gasteiger partial charge in [0, 0.05) is 44.9 Å². The van der Waals surface area contributed by atoms with Crippen molar-refractivity contribution in [1.29, 1.82) is 0 Å². The van der Waals surface area contributed by atoms with Gasteiger partial charge in [-0.25, -0.2) is 0 Å². The normalized spacial score (nSPS) is 14.6. The van der Waals surface area contributed by atoms with E-state index in [9.17, 15) is 14.4 Å². The predicted molar refractivity (Wildman–Crippen MR) is 111 cm³/mol. The highest BCUT2D eigenvalue weighted by Crippen LogP contribution is 2.30. The molecular formula is C21H32N4O3. The van der Waals surface area contributed by atoms with Crippen LogP contribution in [0.2, 0.25) is 0 Å². The summed E-state index contributed by atoms with van der Waals surface area (Å²) in [5, 5.41) is 2.98. The Morgan fingerprint density at radius 3 is 2.36 bits per heavy atom. The molecule has 0 radical (unpaired) electrons. The molecule has 1 saturated heterocycles. The summed E-state index contributed by atoms with van der Waals surface area (Å²) in [5.74, 6) is -0.302. The van der Waals surface area contributed by atoms with Crippen LogP contribution in [0.15, 0.2) is 24.3 Å². The van der Waals surface area contributed by atoms with Gasteiger partial charge in [0.25, 0.3) is 0 Å². The van der Waals surface area contributed by atoms with Crippen LogP contribution in [0.4, 0.5) is 11.4 Å². The fraction of sp³-hybridized carbons (Fsp3) is 0.571. The van der Waals surface area contributed by atoms with Gasteiger partial charge in [-0.2, -0.15) is 0 Å². The van der Waals surface area contributed by atoms with Crippen molar-refractivity contribution in [2.24, 2.45) is 11.7 Å². The summed E-state index contributed by atoms with van der Waals surface area (Å²) in [7, 11) is 0. The number of primary amides is 1. The summed E-state index contributed by atoms with van der Waals surface area (Å²) in [6, 6.07) is 7.69. The number of nitrogens with two attached hydrogens (primary N) is 1. The zero-order valence-electron chi connectivity index (χ0n) is 16.9. The summed E-state index contributed by atoms with van der Waals surface area (Å²) in [4.78, 5) is 39.7. The second-order valence-corrected chi connectivity index (χ2v) is 7.15. The van der Waals surface area contributed by atoms with Gasteiger partial charge < -0.3 is 20.9 Å². The molecule has 7 heteroatoms. The van der Waals surface area contributed by atoms with E-state index >= 15 is 0 Å². The van der Waals surface area contributed by atoms with Crippen LogP contribution in [0, 0.1) is 5.92 Å². The van der Waals surface area contributed by atoms with Crippen molar-refractivity contribution in [3.05, 3.63) is 24.3 Å². The van der Waals surface area contributed by atoms with E-state index in [1.807, 2.05) is 38.1 Å². The minimum Gasteiger partial charge on any atom is -0.370 e. The molecule has 2 rings (SSSR count). The van der Waals surface area contributed by atoms with Crippen molar-refractivity contribution in [2.45, 2.75) is 46.0 Å². The Hall–Kier alpha value is -2.57. The van der Waals surface area contributed by atoms with Gasteiger partial charge >= 0.3 is 0 Å². The van der Waals surface area contributed by atoms with Gasteiger partial charge in [0.1, 0.15) is 0 Å². The molecule has 1 aromatic carbocycles. The molecule has 3 amide bonds. The average molecular weight is 389 g/mol. The molecule has 0 atom stereocenters. The summed E-state index contributed by atoms with van der Waals surface area (Å²) in [6.07, 6.45) is 2.69. The largest absolute Gasteiger partial charge is 0.370 e. The highest BCUT2D eigenvalue weighted by molar-refractivity contribution is 5.94. The molecular weight excluding hydrogens is 356 g/mol. The maximum absolute atomic E-state index is 12.4. The van der Waals surface area contributed by atoms with Gasteiger partial charge in [0.2, 0.25) is 17.7 Å². The van der Waals surface area contributed by atoms with Gasteiger partial charge in [-0.15, -0.1) is 0 Å².